The number of hydrogen-bond acceptors (Lipinski definition) is 4. The molecule has 0 unspecified atom stereocenters. The minimum Gasteiger partial charge on any atom is -0.458 e. The summed E-state index contributed by atoms with van der Waals surface area (Å²) in [6, 6.07) is 103. The van der Waals surface area contributed by atoms with Gasteiger partial charge in [0.15, 0.2) is 0 Å². The second kappa shape index (κ2) is 18.2. The second-order valence-electron chi connectivity index (χ2n) is 22.3. The van der Waals surface area contributed by atoms with Crippen molar-refractivity contribution in [1.82, 2.24) is 4.57 Å². The number of aromatic nitrogens is 1. The van der Waals surface area contributed by atoms with E-state index in [2.05, 4.69) is 289 Å². The molecule has 0 saturated carbocycles. The highest BCUT2D eigenvalue weighted by Gasteiger charge is 2.43. The van der Waals surface area contributed by atoms with Crippen LogP contribution in [0, 0.1) is 0 Å². The fourth-order valence-corrected chi connectivity index (χ4v) is 13.8. The van der Waals surface area contributed by atoms with Crippen molar-refractivity contribution in [2.24, 2.45) is 0 Å². The molecule has 2 aliphatic heterocycles. The Bertz CT molecular complexity index is 5300. The van der Waals surface area contributed by atoms with Gasteiger partial charge in [0.25, 0.3) is 6.71 Å². The molecule has 6 heteroatoms. The Balaban J connectivity index is 0.908. The van der Waals surface area contributed by atoms with Crippen molar-refractivity contribution in [3.8, 4) is 72.8 Å². The van der Waals surface area contributed by atoms with Crippen molar-refractivity contribution in [3.05, 3.63) is 285 Å². The Hall–Kier alpha value is -11.1. The van der Waals surface area contributed by atoms with Gasteiger partial charge in [0.1, 0.15) is 33.8 Å². The van der Waals surface area contributed by atoms with E-state index in [1.165, 1.54) is 21.8 Å². The standard InChI is InChI=1S/C78H47BN2O3/c1-4-18-48(19-5-1)51-32-36-56(37-33-51)80-70-44-52(62-40-54(49-20-6-2-7-21-49)42-64-60-26-12-16-30-72(60)83-77(62)64)34-38-66(70)79-67-39-35-53(63-41-55(50-22-8-3-9-23-50)43-65-61-27-13-17-31-73(61)84-78(63)65)45-74(67)82-75-47-57(46-71(80)76(75)79)81-68-28-14-10-24-58(68)59-25-11-15-29-69(59)81/h1-47H. The van der Waals surface area contributed by atoms with Gasteiger partial charge in [-0.05, 0) is 140 Å². The third kappa shape index (κ3) is 7.11. The summed E-state index contributed by atoms with van der Waals surface area (Å²) in [5.74, 6) is 1.62. The number of anilines is 3. The molecule has 16 aromatic rings. The molecule has 0 spiro atoms. The first-order chi connectivity index (χ1) is 41.6. The van der Waals surface area contributed by atoms with Crippen molar-refractivity contribution in [2.75, 3.05) is 4.90 Å². The summed E-state index contributed by atoms with van der Waals surface area (Å²) in [7, 11) is 0. The number of rotatable bonds is 7. The van der Waals surface area contributed by atoms with Gasteiger partial charge >= 0.3 is 0 Å². The molecule has 0 atom stereocenters. The molecule has 5 nitrogen and oxygen atoms in total. The highest BCUT2D eigenvalue weighted by atomic mass is 16.5. The largest absolute Gasteiger partial charge is 0.458 e. The van der Waals surface area contributed by atoms with E-state index in [4.69, 9.17) is 13.6 Å². The normalized spacial score (nSPS) is 12.6. The molecule has 0 N–H and O–H groups in total. The lowest BCUT2D eigenvalue weighted by Crippen LogP contribution is -2.59. The molecule has 0 radical (unpaired) electrons. The molecule has 3 aromatic heterocycles. The quantitative estimate of drug-likeness (QED) is 0.149. The van der Waals surface area contributed by atoms with Crippen LogP contribution in [0.1, 0.15) is 0 Å². The highest BCUT2D eigenvalue weighted by Crippen LogP contribution is 2.48. The minimum absolute atomic E-state index is 0.201. The molecule has 84 heavy (non-hydrogen) atoms. The van der Waals surface area contributed by atoms with Gasteiger partial charge in [0.2, 0.25) is 0 Å². The zero-order valence-electron chi connectivity index (χ0n) is 45.3. The maximum atomic E-state index is 7.55. The number of nitrogens with zero attached hydrogens (tertiary/aromatic N) is 2. The summed E-state index contributed by atoms with van der Waals surface area (Å²) in [4.78, 5) is 2.48. The van der Waals surface area contributed by atoms with Crippen molar-refractivity contribution in [1.29, 1.82) is 0 Å². The fraction of sp³-hybridized carbons (Fsp3) is 0. The van der Waals surface area contributed by atoms with Crippen LogP contribution in [-0.2, 0) is 0 Å². The summed E-state index contributed by atoms with van der Waals surface area (Å²) in [5.41, 5.74) is 24.2. The molecular weight excluding hydrogens is 1020 g/mol. The SMILES string of the molecule is c1ccc(-c2ccc(N3c4cc(-c5cc(-c6ccccc6)cc6c5oc5ccccc56)ccc4B4c5ccc(-c6cc(-c7ccccc7)cc7c6oc6ccccc67)cc5Oc5cc(-n6c7ccccc7c7ccccc76)cc3c54)cc2)cc1. The average molecular weight is 1070 g/mol. The Morgan fingerprint density at radius 2 is 0.750 bits per heavy atom. The molecule has 0 bridgehead atoms. The van der Waals surface area contributed by atoms with Crippen LogP contribution < -0.4 is 26.0 Å². The first-order valence-electron chi connectivity index (χ1n) is 28.7. The van der Waals surface area contributed by atoms with Gasteiger partial charge in [0.05, 0.1) is 16.7 Å². The lowest BCUT2D eigenvalue weighted by molar-refractivity contribution is 0.487. The van der Waals surface area contributed by atoms with Crippen LogP contribution in [0.2, 0.25) is 0 Å². The summed E-state index contributed by atoms with van der Waals surface area (Å²) < 4.78 is 23.7. The van der Waals surface area contributed by atoms with Gasteiger partial charge in [-0.3, -0.25) is 0 Å². The summed E-state index contributed by atoms with van der Waals surface area (Å²) in [6.45, 7) is -0.201. The highest BCUT2D eigenvalue weighted by molar-refractivity contribution is 6.99. The molecule has 18 rings (SSSR count). The lowest BCUT2D eigenvalue weighted by atomic mass is 9.34. The van der Waals surface area contributed by atoms with Crippen molar-refractivity contribution in [3.63, 3.8) is 0 Å². The van der Waals surface area contributed by atoms with E-state index in [0.29, 0.717) is 0 Å². The van der Waals surface area contributed by atoms with Gasteiger partial charge in [0, 0.05) is 66.6 Å². The van der Waals surface area contributed by atoms with E-state index in [-0.39, 0.29) is 6.71 Å². The van der Waals surface area contributed by atoms with E-state index in [1.807, 2.05) is 6.07 Å². The first-order valence-corrected chi connectivity index (χ1v) is 28.7. The molecule has 0 amide bonds. The van der Waals surface area contributed by atoms with Gasteiger partial charge in [-0.15, -0.1) is 0 Å². The topological polar surface area (TPSA) is 43.7 Å². The fourth-order valence-electron chi connectivity index (χ4n) is 13.8. The third-order valence-corrected chi connectivity index (χ3v) is 17.6. The van der Waals surface area contributed by atoms with Gasteiger partial charge in [-0.2, -0.15) is 0 Å². The summed E-state index contributed by atoms with van der Waals surface area (Å²) >= 11 is 0. The predicted molar refractivity (Wildman–Crippen MR) is 348 cm³/mol. The van der Waals surface area contributed by atoms with Crippen LogP contribution in [0.3, 0.4) is 0 Å². The molecule has 0 fully saturated rings. The van der Waals surface area contributed by atoms with Crippen molar-refractivity contribution >= 4 is 106 Å². The van der Waals surface area contributed by atoms with Gasteiger partial charge in [-0.25, -0.2) is 0 Å². The monoisotopic (exact) mass is 1070 g/mol. The van der Waals surface area contributed by atoms with Gasteiger partial charge in [-0.1, -0.05) is 200 Å². The van der Waals surface area contributed by atoms with E-state index in [0.717, 1.165) is 150 Å². The van der Waals surface area contributed by atoms with Gasteiger partial charge < -0.3 is 23.0 Å². The van der Waals surface area contributed by atoms with E-state index >= 15 is 0 Å². The maximum Gasteiger partial charge on any atom is 0.256 e. The number of benzene rings is 13. The second-order valence-corrected chi connectivity index (χ2v) is 22.3. The molecule has 2 aliphatic rings. The Kier molecular flexibility index (Phi) is 10.1. The average Bonchev–Trinajstić information content (AvgIpc) is 0.955. The van der Waals surface area contributed by atoms with Crippen LogP contribution >= 0.6 is 0 Å². The number of ether oxygens (including phenoxy) is 1. The molecular formula is C78H47BN2O3. The van der Waals surface area contributed by atoms with E-state index in [1.54, 1.807) is 0 Å². The molecule has 0 saturated heterocycles. The molecule has 5 heterocycles. The molecule has 13 aromatic carbocycles. The first kappa shape index (κ1) is 46.7. The molecule has 0 aliphatic carbocycles. The predicted octanol–water partition coefficient (Wildman–Crippen LogP) is 19.3. The number of furan rings is 2. The van der Waals surface area contributed by atoms with Crippen LogP contribution in [0.4, 0.5) is 17.1 Å². The number of hydrogen-bond donors (Lipinski definition) is 0. The minimum atomic E-state index is -0.201. The summed E-state index contributed by atoms with van der Waals surface area (Å²) in [6.07, 6.45) is 0. The van der Waals surface area contributed by atoms with Crippen LogP contribution in [0.5, 0.6) is 11.5 Å². The third-order valence-electron chi connectivity index (χ3n) is 17.6. The van der Waals surface area contributed by atoms with Crippen LogP contribution in [0.25, 0.3) is 127 Å². The smallest absolute Gasteiger partial charge is 0.256 e. The van der Waals surface area contributed by atoms with E-state index < -0.39 is 0 Å². The van der Waals surface area contributed by atoms with Crippen LogP contribution in [0.15, 0.2) is 294 Å². The Morgan fingerprint density at radius 1 is 0.286 bits per heavy atom. The Morgan fingerprint density at radius 3 is 1.32 bits per heavy atom. The summed E-state index contributed by atoms with van der Waals surface area (Å²) in [5, 5.41) is 6.73. The van der Waals surface area contributed by atoms with Crippen molar-refractivity contribution in [2.45, 2.75) is 0 Å². The lowest BCUT2D eigenvalue weighted by Gasteiger charge is -2.40. The van der Waals surface area contributed by atoms with E-state index in [9.17, 15) is 0 Å². The number of fused-ring (bicyclic) bond motifs is 13. The Labute approximate surface area is 484 Å². The molecule has 390 valence electrons. The van der Waals surface area contributed by atoms with Crippen molar-refractivity contribution < 1.29 is 13.6 Å². The van der Waals surface area contributed by atoms with Crippen LogP contribution in [-0.4, -0.2) is 11.3 Å². The maximum absolute atomic E-state index is 7.55. The number of para-hydroxylation sites is 4. The zero-order valence-corrected chi connectivity index (χ0v) is 45.3. The zero-order chi connectivity index (χ0) is 55.0.